The summed E-state index contributed by atoms with van der Waals surface area (Å²) in [4.78, 5) is 0. The zero-order chi connectivity index (χ0) is 12.5. The summed E-state index contributed by atoms with van der Waals surface area (Å²) >= 11 is -1.77. The summed E-state index contributed by atoms with van der Waals surface area (Å²) in [5.74, 6) is 0.0630. The van der Waals surface area contributed by atoms with Crippen LogP contribution in [0.5, 0.6) is 0 Å². The Labute approximate surface area is 93.2 Å². The number of aryl methyl sites for hydroxylation is 1. The van der Waals surface area contributed by atoms with E-state index in [-0.39, 0.29) is 10.8 Å². The zero-order valence-electron chi connectivity index (χ0n) is 8.71. The van der Waals surface area contributed by atoms with Crippen molar-refractivity contribution in [1.29, 1.82) is 0 Å². The number of aliphatic hydroxyl groups excluding tert-OH is 1. The van der Waals surface area contributed by atoms with Crippen LogP contribution in [0, 0.1) is 0 Å². The summed E-state index contributed by atoms with van der Waals surface area (Å²) in [5, 5.41) is 11.9. The second kappa shape index (κ2) is 4.64. The topological polar surface area (TPSA) is 61.1 Å². The third kappa shape index (κ3) is 2.33. The smallest absolute Gasteiger partial charge is 0.424 e. The molecule has 0 aromatic carbocycles. The largest absolute Gasteiger partial charge is 0.610 e. The fourth-order valence-corrected chi connectivity index (χ4v) is 2.43. The van der Waals surface area contributed by atoms with Gasteiger partial charge in [0.15, 0.2) is 5.56 Å². The molecule has 0 aliphatic heterocycles. The highest BCUT2D eigenvalue weighted by atomic mass is 32.2. The molecule has 8 heteroatoms. The molecule has 1 N–H and O–H groups in total. The molecule has 0 radical (unpaired) electrons. The van der Waals surface area contributed by atoms with Crippen LogP contribution in [0.1, 0.15) is 18.2 Å². The van der Waals surface area contributed by atoms with E-state index in [9.17, 15) is 17.7 Å². The molecule has 1 aromatic heterocycles. The maximum atomic E-state index is 12.7. The molecule has 0 bridgehead atoms. The van der Waals surface area contributed by atoms with Crippen LogP contribution in [-0.4, -0.2) is 25.2 Å². The molecular weight excluding hydrogens is 245 g/mol. The van der Waals surface area contributed by atoms with E-state index in [0.717, 1.165) is 4.68 Å². The quantitative estimate of drug-likeness (QED) is 0.822. The summed E-state index contributed by atoms with van der Waals surface area (Å²) in [5.41, 5.74) is -1.58. The molecule has 0 aliphatic carbocycles. The maximum Gasteiger partial charge on any atom is 0.424 e. The number of aliphatic hydroxyl groups is 1. The molecule has 16 heavy (non-hydrogen) atoms. The van der Waals surface area contributed by atoms with Crippen molar-refractivity contribution >= 4 is 11.2 Å². The van der Waals surface area contributed by atoms with Crippen molar-refractivity contribution in [3.8, 4) is 0 Å². The average Bonchev–Trinajstić information content (AvgIpc) is 2.53. The second-order valence-corrected chi connectivity index (χ2v) is 4.70. The van der Waals surface area contributed by atoms with Gasteiger partial charge in [0.2, 0.25) is 0 Å². The van der Waals surface area contributed by atoms with Crippen LogP contribution in [-0.2, 0) is 31.0 Å². The lowest BCUT2D eigenvalue weighted by atomic mass is 10.2. The first-order valence-electron chi connectivity index (χ1n) is 4.45. The highest BCUT2D eigenvalue weighted by molar-refractivity contribution is 7.91. The Kier molecular flexibility index (Phi) is 3.87. The molecule has 1 atom stereocenters. The molecule has 0 amide bonds. The summed E-state index contributed by atoms with van der Waals surface area (Å²) in [7, 11) is 1.28. The van der Waals surface area contributed by atoms with Crippen molar-refractivity contribution < 1.29 is 22.8 Å². The van der Waals surface area contributed by atoms with E-state index in [0.29, 0.717) is 0 Å². The zero-order valence-corrected chi connectivity index (χ0v) is 9.52. The third-order valence-electron chi connectivity index (χ3n) is 1.98. The van der Waals surface area contributed by atoms with Crippen molar-refractivity contribution in [2.24, 2.45) is 7.05 Å². The van der Waals surface area contributed by atoms with Gasteiger partial charge in [-0.3, -0.25) is 0 Å². The summed E-state index contributed by atoms with van der Waals surface area (Å²) in [6, 6.07) is 0. The molecule has 0 unspecified atom stereocenters. The lowest BCUT2D eigenvalue weighted by molar-refractivity contribution is -0.141. The molecule has 1 aromatic rings. The fraction of sp³-hybridized carbons (Fsp3) is 0.625. The molecule has 0 fully saturated rings. The molecule has 0 saturated carbocycles. The minimum atomic E-state index is -4.66. The van der Waals surface area contributed by atoms with Crippen molar-refractivity contribution in [3.05, 3.63) is 11.3 Å². The standard InChI is InChI=1S/C8H11F3N2O2S/c1-3-16(15)7-6(8(9,10)11)5(4-14)12-13(7)2/h14H,3-4H2,1-2H3/t16-/m0/s1. The van der Waals surface area contributed by atoms with E-state index in [2.05, 4.69) is 5.10 Å². The number of rotatable bonds is 3. The van der Waals surface area contributed by atoms with Crippen LogP contribution < -0.4 is 0 Å². The van der Waals surface area contributed by atoms with Crippen LogP contribution in [0.4, 0.5) is 13.2 Å². The molecule has 0 spiro atoms. The van der Waals surface area contributed by atoms with Gasteiger partial charge >= 0.3 is 6.18 Å². The number of halogens is 3. The Bertz CT molecular complexity index is 378. The highest BCUT2D eigenvalue weighted by Gasteiger charge is 2.43. The molecule has 0 aliphatic rings. The van der Waals surface area contributed by atoms with Crippen molar-refractivity contribution in [1.82, 2.24) is 9.78 Å². The lowest BCUT2D eigenvalue weighted by Gasteiger charge is -2.12. The van der Waals surface area contributed by atoms with Gasteiger partial charge in [0.05, 0.1) is 6.61 Å². The lowest BCUT2D eigenvalue weighted by Crippen LogP contribution is -2.17. The van der Waals surface area contributed by atoms with E-state index in [1.165, 1.54) is 14.0 Å². The van der Waals surface area contributed by atoms with E-state index in [1.807, 2.05) is 0 Å². The Morgan fingerprint density at radius 1 is 1.50 bits per heavy atom. The van der Waals surface area contributed by atoms with Crippen molar-refractivity contribution in [2.75, 3.05) is 5.75 Å². The molecule has 1 heterocycles. The Balaban J connectivity index is 3.41. The summed E-state index contributed by atoms with van der Waals surface area (Å²) < 4.78 is 50.5. The predicted octanol–water partition coefficient (Wildman–Crippen LogP) is 1.06. The molecular formula is C8H11F3N2O2S. The third-order valence-corrected chi connectivity index (χ3v) is 3.40. The van der Waals surface area contributed by atoms with Gasteiger partial charge in [-0.15, -0.1) is 0 Å². The average molecular weight is 256 g/mol. The van der Waals surface area contributed by atoms with E-state index < -0.39 is 35.2 Å². The van der Waals surface area contributed by atoms with Crippen molar-refractivity contribution in [3.63, 3.8) is 0 Å². The molecule has 4 nitrogen and oxygen atoms in total. The van der Waals surface area contributed by atoms with Gasteiger partial charge in [0.25, 0.3) is 5.03 Å². The Hall–Kier alpha value is -0.730. The van der Waals surface area contributed by atoms with Gasteiger partial charge in [-0.25, -0.2) is 4.68 Å². The minimum absolute atomic E-state index is 0.0630. The fourth-order valence-electron chi connectivity index (χ4n) is 1.36. The van der Waals surface area contributed by atoms with Crippen LogP contribution in [0.3, 0.4) is 0 Å². The normalized spacial score (nSPS) is 14.2. The number of nitrogens with zero attached hydrogens (tertiary/aromatic N) is 2. The number of alkyl halides is 3. The van der Waals surface area contributed by atoms with Crippen molar-refractivity contribution in [2.45, 2.75) is 24.7 Å². The van der Waals surface area contributed by atoms with Crippen LogP contribution in [0.25, 0.3) is 0 Å². The maximum absolute atomic E-state index is 12.7. The first kappa shape index (κ1) is 13.3. The second-order valence-electron chi connectivity index (χ2n) is 3.04. The number of aromatic nitrogens is 2. The molecule has 92 valence electrons. The van der Waals surface area contributed by atoms with Gasteiger partial charge < -0.3 is 9.66 Å². The first-order chi connectivity index (χ1) is 7.32. The number of hydrogen-bond acceptors (Lipinski definition) is 3. The monoisotopic (exact) mass is 256 g/mol. The highest BCUT2D eigenvalue weighted by Crippen LogP contribution is 2.36. The SMILES string of the molecule is CC[S@+]([O-])c1c(C(F)(F)F)c(CO)nn1C. The van der Waals surface area contributed by atoms with E-state index >= 15 is 0 Å². The molecule has 1 rings (SSSR count). The molecule has 0 saturated heterocycles. The predicted molar refractivity (Wildman–Crippen MR) is 51.1 cm³/mol. The summed E-state index contributed by atoms with van der Waals surface area (Å²) in [6.07, 6.45) is -4.66. The number of hydrogen-bond donors (Lipinski definition) is 1. The minimum Gasteiger partial charge on any atom is -0.610 e. The Morgan fingerprint density at radius 3 is 2.44 bits per heavy atom. The summed E-state index contributed by atoms with van der Waals surface area (Å²) in [6.45, 7) is 0.686. The first-order valence-corrected chi connectivity index (χ1v) is 5.77. The van der Waals surface area contributed by atoms with Gasteiger partial charge in [-0.1, -0.05) is 0 Å². The van der Waals surface area contributed by atoms with Gasteiger partial charge in [0.1, 0.15) is 11.4 Å². The van der Waals surface area contributed by atoms with Crippen LogP contribution >= 0.6 is 0 Å². The van der Waals surface area contributed by atoms with Gasteiger partial charge in [-0.2, -0.15) is 18.3 Å². The van der Waals surface area contributed by atoms with Crippen LogP contribution in [0.2, 0.25) is 0 Å². The van der Waals surface area contributed by atoms with E-state index in [1.54, 1.807) is 0 Å². The Morgan fingerprint density at radius 2 is 2.06 bits per heavy atom. The van der Waals surface area contributed by atoms with Crippen LogP contribution in [0.15, 0.2) is 5.03 Å². The van der Waals surface area contributed by atoms with E-state index in [4.69, 9.17) is 5.11 Å². The van der Waals surface area contributed by atoms with Gasteiger partial charge in [0, 0.05) is 18.2 Å². The van der Waals surface area contributed by atoms with Gasteiger partial charge in [-0.05, 0) is 6.92 Å².